The van der Waals surface area contributed by atoms with Gasteiger partial charge in [-0.3, -0.25) is 9.78 Å². The highest BCUT2D eigenvalue weighted by atomic mass is 16.3. The van der Waals surface area contributed by atoms with Crippen molar-refractivity contribution >= 4 is 5.91 Å². The zero-order chi connectivity index (χ0) is 16.1. The van der Waals surface area contributed by atoms with E-state index in [1.807, 2.05) is 35.2 Å². The predicted molar refractivity (Wildman–Crippen MR) is 88.6 cm³/mol. The number of hydrogen-bond acceptors (Lipinski definition) is 3. The van der Waals surface area contributed by atoms with Crippen LogP contribution in [0.2, 0.25) is 0 Å². The molecule has 2 heterocycles. The van der Waals surface area contributed by atoms with E-state index in [4.69, 9.17) is 0 Å². The molecule has 4 nitrogen and oxygen atoms in total. The topological polar surface area (TPSA) is 53.4 Å². The smallest absolute Gasteiger partial charge is 0.256 e. The number of likely N-dealkylation sites (tertiary alicyclic amines) is 1. The van der Waals surface area contributed by atoms with Gasteiger partial charge in [-0.1, -0.05) is 43.2 Å². The van der Waals surface area contributed by atoms with Crippen molar-refractivity contribution < 1.29 is 9.90 Å². The molecule has 4 heteroatoms. The van der Waals surface area contributed by atoms with Crippen molar-refractivity contribution in [3.05, 3.63) is 66.0 Å². The Kier molecular flexibility index (Phi) is 5.03. The number of hydrogen-bond donors (Lipinski definition) is 1. The highest BCUT2D eigenvalue weighted by Gasteiger charge is 2.31. The van der Waals surface area contributed by atoms with Crippen LogP contribution in [-0.4, -0.2) is 27.4 Å². The Bertz CT molecular complexity index is 630. The zero-order valence-corrected chi connectivity index (χ0v) is 13.1. The Morgan fingerprint density at radius 2 is 1.83 bits per heavy atom. The maximum Gasteiger partial charge on any atom is 0.256 e. The lowest BCUT2D eigenvalue weighted by Crippen LogP contribution is -2.38. The molecule has 1 N–H and O–H groups in total. The molecule has 1 aliphatic rings. The second-order valence-corrected chi connectivity index (χ2v) is 5.99. The van der Waals surface area contributed by atoms with Crippen LogP contribution in [0, 0.1) is 0 Å². The van der Waals surface area contributed by atoms with Gasteiger partial charge in [0.2, 0.25) is 0 Å². The Morgan fingerprint density at radius 3 is 2.57 bits per heavy atom. The third-order valence-corrected chi connectivity index (χ3v) is 4.48. The van der Waals surface area contributed by atoms with Crippen molar-refractivity contribution in [3.63, 3.8) is 0 Å². The van der Waals surface area contributed by atoms with Crippen LogP contribution in [0.5, 0.6) is 0 Å². The number of nitrogens with zero attached hydrogens (tertiary/aromatic N) is 2. The van der Waals surface area contributed by atoms with Gasteiger partial charge in [-0.25, -0.2) is 0 Å². The van der Waals surface area contributed by atoms with Gasteiger partial charge in [0, 0.05) is 18.9 Å². The molecule has 0 radical (unpaired) electrons. The molecule has 1 fully saturated rings. The summed E-state index contributed by atoms with van der Waals surface area (Å²) in [7, 11) is 0. The number of aliphatic hydroxyl groups excluding tert-OH is 1. The standard InChI is InChI=1S/C19H22N2O2/c22-18(16-7-3-1-4-8-16)19(23)21-14-6-2-5-9-17(21)15-10-12-20-13-11-15/h1,3-4,7-8,10-13,17-18,22H,2,5-6,9,14H2. The summed E-state index contributed by atoms with van der Waals surface area (Å²) in [4.78, 5) is 18.8. The quantitative estimate of drug-likeness (QED) is 0.946. The number of amides is 1. The SMILES string of the molecule is O=C(C(O)c1ccccc1)N1CCCCCC1c1ccncc1. The van der Waals surface area contributed by atoms with Crippen molar-refractivity contribution in [1.29, 1.82) is 0 Å². The van der Waals surface area contributed by atoms with Crippen LogP contribution in [0.3, 0.4) is 0 Å². The van der Waals surface area contributed by atoms with Gasteiger partial charge in [0.25, 0.3) is 5.91 Å². The number of aromatic nitrogens is 1. The zero-order valence-electron chi connectivity index (χ0n) is 13.1. The molecule has 0 saturated carbocycles. The molecule has 1 aromatic carbocycles. The molecule has 0 aliphatic carbocycles. The summed E-state index contributed by atoms with van der Waals surface area (Å²) in [6, 6.07) is 13.1. The van der Waals surface area contributed by atoms with Crippen molar-refractivity contribution in [2.45, 2.75) is 37.8 Å². The number of carbonyl (C=O) groups excluding carboxylic acids is 1. The normalized spacial score (nSPS) is 19.9. The van der Waals surface area contributed by atoms with E-state index in [9.17, 15) is 9.90 Å². The van der Waals surface area contributed by atoms with Crippen LogP contribution in [0.1, 0.15) is 49.0 Å². The summed E-state index contributed by atoms with van der Waals surface area (Å²) in [6.07, 6.45) is 6.54. The number of benzene rings is 1. The Morgan fingerprint density at radius 1 is 1.09 bits per heavy atom. The molecule has 2 atom stereocenters. The summed E-state index contributed by atoms with van der Waals surface area (Å²) < 4.78 is 0. The van der Waals surface area contributed by atoms with Gasteiger partial charge in [0.15, 0.2) is 6.10 Å². The van der Waals surface area contributed by atoms with Gasteiger partial charge in [0.1, 0.15) is 0 Å². The fraction of sp³-hybridized carbons (Fsp3) is 0.368. The lowest BCUT2D eigenvalue weighted by Gasteiger charge is -2.32. The first-order valence-electron chi connectivity index (χ1n) is 8.21. The van der Waals surface area contributed by atoms with E-state index in [0.717, 1.165) is 31.2 Å². The molecule has 1 saturated heterocycles. The van der Waals surface area contributed by atoms with Gasteiger partial charge >= 0.3 is 0 Å². The van der Waals surface area contributed by atoms with Gasteiger partial charge in [-0.15, -0.1) is 0 Å². The first-order chi connectivity index (χ1) is 11.3. The summed E-state index contributed by atoms with van der Waals surface area (Å²) in [5, 5.41) is 10.5. The third kappa shape index (κ3) is 3.59. The largest absolute Gasteiger partial charge is 0.378 e. The number of aliphatic hydroxyl groups is 1. The molecule has 23 heavy (non-hydrogen) atoms. The minimum atomic E-state index is -1.10. The molecule has 1 amide bonds. The van der Waals surface area contributed by atoms with E-state index in [-0.39, 0.29) is 11.9 Å². The third-order valence-electron chi connectivity index (χ3n) is 4.48. The van der Waals surface area contributed by atoms with Gasteiger partial charge in [0.05, 0.1) is 6.04 Å². The van der Waals surface area contributed by atoms with E-state index in [1.54, 1.807) is 24.5 Å². The van der Waals surface area contributed by atoms with E-state index < -0.39 is 6.10 Å². The van der Waals surface area contributed by atoms with Gasteiger partial charge < -0.3 is 10.0 Å². The minimum Gasteiger partial charge on any atom is -0.378 e. The van der Waals surface area contributed by atoms with E-state index in [0.29, 0.717) is 12.1 Å². The van der Waals surface area contributed by atoms with Crippen molar-refractivity contribution in [2.24, 2.45) is 0 Å². The average molecular weight is 310 g/mol. The molecule has 1 aromatic heterocycles. The van der Waals surface area contributed by atoms with E-state index in [1.165, 1.54) is 0 Å². The summed E-state index contributed by atoms with van der Waals surface area (Å²) >= 11 is 0. The minimum absolute atomic E-state index is 0.0198. The molecular weight excluding hydrogens is 288 g/mol. The molecule has 120 valence electrons. The summed E-state index contributed by atoms with van der Waals surface area (Å²) in [6.45, 7) is 0.690. The Hall–Kier alpha value is -2.20. The van der Waals surface area contributed by atoms with Gasteiger partial charge in [-0.05, 0) is 36.1 Å². The van der Waals surface area contributed by atoms with Crippen molar-refractivity contribution in [3.8, 4) is 0 Å². The molecular formula is C19H22N2O2. The fourth-order valence-corrected chi connectivity index (χ4v) is 3.24. The van der Waals surface area contributed by atoms with E-state index >= 15 is 0 Å². The first kappa shape index (κ1) is 15.7. The average Bonchev–Trinajstić information content (AvgIpc) is 2.88. The van der Waals surface area contributed by atoms with Gasteiger partial charge in [-0.2, -0.15) is 0 Å². The maximum atomic E-state index is 12.9. The van der Waals surface area contributed by atoms with Crippen LogP contribution in [-0.2, 0) is 4.79 Å². The van der Waals surface area contributed by atoms with Crippen LogP contribution < -0.4 is 0 Å². The molecule has 0 bridgehead atoms. The van der Waals surface area contributed by atoms with Crippen LogP contribution in [0.4, 0.5) is 0 Å². The highest BCUT2D eigenvalue weighted by molar-refractivity contribution is 5.82. The molecule has 1 aliphatic heterocycles. The fourth-order valence-electron chi connectivity index (χ4n) is 3.24. The Balaban J connectivity index is 1.86. The lowest BCUT2D eigenvalue weighted by molar-refractivity contribution is -0.143. The second kappa shape index (κ2) is 7.38. The Labute approximate surface area is 136 Å². The van der Waals surface area contributed by atoms with Crippen LogP contribution >= 0.6 is 0 Å². The molecule has 0 spiro atoms. The van der Waals surface area contributed by atoms with Crippen molar-refractivity contribution in [1.82, 2.24) is 9.88 Å². The number of carbonyl (C=O) groups is 1. The molecule has 2 unspecified atom stereocenters. The summed E-state index contributed by atoms with van der Waals surface area (Å²) in [5.41, 5.74) is 1.74. The first-order valence-corrected chi connectivity index (χ1v) is 8.21. The molecule has 3 rings (SSSR count). The molecule has 2 aromatic rings. The second-order valence-electron chi connectivity index (χ2n) is 5.99. The number of pyridine rings is 1. The highest BCUT2D eigenvalue weighted by Crippen LogP contribution is 2.32. The summed E-state index contributed by atoms with van der Waals surface area (Å²) in [5.74, 6) is -0.208. The lowest BCUT2D eigenvalue weighted by atomic mass is 10.0. The maximum absolute atomic E-state index is 12.9. The predicted octanol–water partition coefficient (Wildman–Crippen LogP) is 3.26. The van der Waals surface area contributed by atoms with Crippen LogP contribution in [0.25, 0.3) is 0 Å². The van der Waals surface area contributed by atoms with Crippen LogP contribution in [0.15, 0.2) is 54.9 Å². The number of rotatable bonds is 3. The van der Waals surface area contributed by atoms with E-state index in [2.05, 4.69) is 4.98 Å². The van der Waals surface area contributed by atoms with Crippen molar-refractivity contribution in [2.75, 3.05) is 6.54 Å². The monoisotopic (exact) mass is 310 g/mol.